The summed E-state index contributed by atoms with van der Waals surface area (Å²) in [6, 6.07) is 20.9. The number of hydrogen-bond donors (Lipinski definition) is 0. The molecule has 0 fully saturated rings. The maximum atomic E-state index is 13.1. The van der Waals surface area contributed by atoms with Gasteiger partial charge in [0.05, 0.1) is 28.8 Å². The molecule has 35 heavy (non-hydrogen) atoms. The van der Waals surface area contributed by atoms with Crippen LogP contribution in [0.15, 0.2) is 71.5 Å². The van der Waals surface area contributed by atoms with Crippen LogP contribution in [0.4, 0.5) is 0 Å². The zero-order valence-corrected chi connectivity index (χ0v) is 20.6. The van der Waals surface area contributed by atoms with Gasteiger partial charge in [0.25, 0.3) is 5.56 Å². The molecule has 0 N–H and O–H groups in total. The van der Waals surface area contributed by atoms with Gasteiger partial charge in [-0.05, 0) is 61.0 Å². The van der Waals surface area contributed by atoms with E-state index in [4.69, 9.17) is 25.8 Å². The molecule has 0 saturated heterocycles. The highest BCUT2D eigenvalue weighted by atomic mass is 35.5. The maximum absolute atomic E-state index is 13.1. The number of aryl methyl sites for hydroxylation is 1. The first-order valence-electron chi connectivity index (χ1n) is 11.2. The van der Waals surface area contributed by atoms with Crippen molar-refractivity contribution in [3.8, 4) is 11.5 Å². The standard InChI is InChI=1S/C27H23ClN2O4S/c1-18-5-4-6-21(15-18)33-13-11-32-12-14-34-24-10-9-20(28)16-19(24)17-25-26(31)30-23-8-3-2-7-22(23)29-27(30)35-25/h2-10,15-17H,11-14H2,1H3/b25-17+. The maximum Gasteiger partial charge on any atom is 0.274 e. The van der Waals surface area contributed by atoms with Gasteiger partial charge in [0, 0.05) is 10.6 Å². The molecule has 0 amide bonds. The summed E-state index contributed by atoms with van der Waals surface area (Å²) in [4.78, 5) is 18.3. The van der Waals surface area contributed by atoms with E-state index in [1.165, 1.54) is 11.3 Å². The van der Waals surface area contributed by atoms with Crippen molar-refractivity contribution in [2.45, 2.75) is 6.92 Å². The third kappa shape index (κ3) is 5.32. The van der Waals surface area contributed by atoms with E-state index in [2.05, 4.69) is 4.98 Å². The van der Waals surface area contributed by atoms with Gasteiger partial charge in [-0.15, -0.1) is 0 Å². The predicted octanol–water partition coefficient (Wildman–Crippen LogP) is 4.89. The molecule has 0 bridgehead atoms. The van der Waals surface area contributed by atoms with E-state index in [0.717, 1.165) is 27.9 Å². The average molecular weight is 507 g/mol. The molecule has 2 heterocycles. The minimum Gasteiger partial charge on any atom is -0.491 e. The Morgan fingerprint density at radius 2 is 1.80 bits per heavy atom. The predicted molar refractivity (Wildman–Crippen MR) is 140 cm³/mol. The minimum atomic E-state index is -0.110. The topological polar surface area (TPSA) is 62.1 Å². The second kappa shape index (κ2) is 10.5. The zero-order valence-electron chi connectivity index (χ0n) is 19.1. The lowest BCUT2D eigenvalue weighted by molar-refractivity contribution is 0.0764. The Morgan fingerprint density at radius 3 is 2.66 bits per heavy atom. The van der Waals surface area contributed by atoms with Crippen LogP contribution in [0.5, 0.6) is 11.5 Å². The number of fused-ring (bicyclic) bond motifs is 3. The van der Waals surface area contributed by atoms with E-state index >= 15 is 0 Å². The summed E-state index contributed by atoms with van der Waals surface area (Å²) < 4.78 is 19.5. The van der Waals surface area contributed by atoms with Crippen LogP contribution in [0.3, 0.4) is 0 Å². The lowest BCUT2D eigenvalue weighted by Crippen LogP contribution is -2.22. The Balaban J connectivity index is 1.24. The number of para-hydroxylation sites is 2. The van der Waals surface area contributed by atoms with Crippen molar-refractivity contribution < 1.29 is 14.2 Å². The smallest absolute Gasteiger partial charge is 0.274 e. The number of imidazole rings is 1. The molecule has 0 unspecified atom stereocenters. The molecule has 0 aliphatic carbocycles. The highest BCUT2D eigenvalue weighted by Gasteiger charge is 2.11. The normalized spacial score (nSPS) is 12.0. The molecule has 3 aromatic carbocycles. The molecule has 0 aliphatic heterocycles. The fraction of sp³-hybridized carbons (Fsp3) is 0.185. The highest BCUT2D eigenvalue weighted by Crippen LogP contribution is 2.24. The molecule has 0 atom stereocenters. The van der Waals surface area contributed by atoms with Crippen LogP contribution in [0.2, 0.25) is 5.02 Å². The molecule has 0 radical (unpaired) electrons. The SMILES string of the molecule is Cc1cccc(OCCOCCOc2ccc(Cl)cc2/C=c2/sc3nc4ccccc4n3c2=O)c1. The van der Waals surface area contributed by atoms with Gasteiger partial charge in [-0.1, -0.05) is 47.2 Å². The number of nitrogens with zero attached hydrogens (tertiary/aromatic N) is 2. The first-order valence-corrected chi connectivity index (χ1v) is 12.4. The second-order valence-electron chi connectivity index (χ2n) is 7.94. The fourth-order valence-electron chi connectivity index (χ4n) is 3.75. The third-order valence-electron chi connectivity index (χ3n) is 5.37. The van der Waals surface area contributed by atoms with E-state index in [9.17, 15) is 4.79 Å². The van der Waals surface area contributed by atoms with Crippen LogP contribution in [0, 0.1) is 6.92 Å². The monoisotopic (exact) mass is 506 g/mol. The van der Waals surface area contributed by atoms with Crippen molar-refractivity contribution in [1.82, 2.24) is 9.38 Å². The number of aromatic nitrogens is 2. The zero-order chi connectivity index (χ0) is 24.2. The van der Waals surface area contributed by atoms with Gasteiger partial charge in [0.15, 0.2) is 4.96 Å². The number of rotatable bonds is 9. The third-order valence-corrected chi connectivity index (χ3v) is 6.58. The summed E-state index contributed by atoms with van der Waals surface area (Å²) in [5.41, 5.74) is 3.38. The average Bonchev–Trinajstić information content (AvgIpc) is 3.35. The van der Waals surface area contributed by atoms with Crippen LogP contribution >= 0.6 is 22.9 Å². The molecule has 5 aromatic rings. The van der Waals surface area contributed by atoms with E-state index in [-0.39, 0.29) is 5.56 Å². The number of ether oxygens (including phenoxy) is 3. The molecule has 8 heteroatoms. The Hall–Kier alpha value is -3.39. The van der Waals surface area contributed by atoms with Gasteiger partial charge in [-0.25, -0.2) is 9.38 Å². The minimum absolute atomic E-state index is 0.110. The van der Waals surface area contributed by atoms with Crippen molar-refractivity contribution in [3.63, 3.8) is 0 Å². The molecule has 6 nitrogen and oxygen atoms in total. The van der Waals surface area contributed by atoms with Gasteiger partial charge < -0.3 is 14.2 Å². The summed E-state index contributed by atoms with van der Waals surface area (Å²) in [5, 5.41) is 0.562. The number of benzene rings is 3. The molecule has 0 spiro atoms. The quantitative estimate of drug-likeness (QED) is 0.266. The van der Waals surface area contributed by atoms with Crippen LogP contribution < -0.4 is 19.6 Å². The van der Waals surface area contributed by atoms with E-state index in [1.54, 1.807) is 28.7 Å². The Labute approximate surface area is 211 Å². The Morgan fingerprint density at radius 1 is 0.971 bits per heavy atom. The van der Waals surface area contributed by atoms with E-state index in [1.807, 2.05) is 55.5 Å². The van der Waals surface area contributed by atoms with Crippen molar-refractivity contribution in [3.05, 3.63) is 97.8 Å². The van der Waals surface area contributed by atoms with Crippen LogP contribution in [-0.4, -0.2) is 35.8 Å². The first kappa shape index (κ1) is 23.4. The second-order valence-corrected chi connectivity index (χ2v) is 9.39. The van der Waals surface area contributed by atoms with Crippen LogP contribution in [-0.2, 0) is 4.74 Å². The fourth-order valence-corrected chi connectivity index (χ4v) is 4.91. The molecule has 0 saturated carbocycles. The van der Waals surface area contributed by atoms with Crippen molar-refractivity contribution >= 4 is 45.0 Å². The summed E-state index contributed by atoms with van der Waals surface area (Å²) in [5.74, 6) is 1.46. The first-order chi connectivity index (χ1) is 17.1. The van der Waals surface area contributed by atoms with Gasteiger partial charge >= 0.3 is 0 Å². The van der Waals surface area contributed by atoms with Crippen molar-refractivity contribution in [2.75, 3.05) is 26.4 Å². The molecule has 0 aliphatic rings. The summed E-state index contributed by atoms with van der Waals surface area (Å²) in [6.07, 6.45) is 1.80. The van der Waals surface area contributed by atoms with Gasteiger partial charge in [0.2, 0.25) is 0 Å². The molecule has 2 aromatic heterocycles. The molecule has 5 rings (SSSR count). The number of hydrogen-bond acceptors (Lipinski definition) is 6. The highest BCUT2D eigenvalue weighted by molar-refractivity contribution is 7.15. The Kier molecular flexibility index (Phi) is 6.99. The molecule has 178 valence electrons. The van der Waals surface area contributed by atoms with Crippen LogP contribution in [0.25, 0.3) is 22.1 Å². The molecular formula is C27H23ClN2O4S. The number of thiazole rings is 1. The van der Waals surface area contributed by atoms with Crippen molar-refractivity contribution in [1.29, 1.82) is 0 Å². The van der Waals surface area contributed by atoms with Crippen LogP contribution in [0.1, 0.15) is 11.1 Å². The lowest BCUT2D eigenvalue weighted by Gasteiger charge is -2.11. The van der Waals surface area contributed by atoms with E-state index in [0.29, 0.717) is 46.7 Å². The summed E-state index contributed by atoms with van der Waals surface area (Å²) >= 11 is 7.57. The van der Waals surface area contributed by atoms with Gasteiger partial charge in [0.1, 0.15) is 24.7 Å². The molecular weight excluding hydrogens is 484 g/mol. The summed E-state index contributed by atoms with van der Waals surface area (Å²) in [6.45, 7) is 3.71. The Bertz CT molecular complexity index is 1590. The van der Waals surface area contributed by atoms with Crippen molar-refractivity contribution in [2.24, 2.45) is 0 Å². The lowest BCUT2D eigenvalue weighted by atomic mass is 10.2. The summed E-state index contributed by atoms with van der Waals surface area (Å²) in [7, 11) is 0. The largest absolute Gasteiger partial charge is 0.491 e. The van der Waals surface area contributed by atoms with Gasteiger partial charge in [-0.3, -0.25) is 4.79 Å². The van der Waals surface area contributed by atoms with Gasteiger partial charge in [-0.2, -0.15) is 0 Å². The number of halogens is 1. The van der Waals surface area contributed by atoms with E-state index < -0.39 is 0 Å².